The van der Waals surface area contributed by atoms with E-state index in [-0.39, 0.29) is 10.9 Å². The van der Waals surface area contributed by atoms with Crippen LogP contribution in [0.15, 0.2) is 23.2 Å². The van der Waals surface area contributed by atoms with E-state index in [1.54, 1.807) is 6.07 Å². The monoisotopic (exact) mass is 283 g/mol. The summed E-state index contributed by atoms with van der Waals surface area (Å²) in [6, 6.07) is 3.20. The molecule has 1 aliphatic rings. The summed E-state index contributed by atoms with van der Waals surface area (Å²) in [6.45, 7) is 4.96. The van der Waals surface area contributed by atoms with Crippen LogP contribution in [0.4, 0.5) is 5.82 Å². The highest BCUT2D eigenvalue weighted by Crippen LogP contribution is 2.27. The SMILES string of the molecule is CCCNc1cc(S(=O)(=O)NC2CC(C)C2)ccn1. The highest BCUT2D eigenvalue weighted by Gasteiger charge is 2.29. The van der Waals surface area contributed by atoms with Crippen LogP contribution in [0.1, 0.15) is 33.1 Å². The minimum atomic E-state index is -3.42. The van der Waals surface area contributed by atoms with Crippen molar-refractivity contribution in [2.24, 2.45) is 5.92 Å². The lowest BCUT2D eigenvalue weighted by Crippen LogP contribution is -2.43. The summed E-state index contributed by atoms with van der Waals surface area (Å²) in [7, 11) is -3.42. The van der Waals surface area contributed by atoms with E-state index < -0.39 is 10.0 Å². The molecule has 0 amide bonds. The van der Waals surface area contributed by atoms with Crippen molar-refractivity contribution in [1.82, 2.24) is 9.71 Å². The minimum Gasteiger partial charge on any atom is -0.370 e. The Balaban J connectivity index is 2.06. The van der Waals surface area contributed by atoms with Gasteiger partial charge in [-0.3, -0.25) is 0 Å². The molecule has 1 saturated carbocycles. The van der Waals surface area contributed by atoms with Crippen molar-refractivity contribution in [1.29, 1.82) is 0 Å². The number of sulfonamides is 1. The van der Waals surface area contributed by atoms with E-state index in [1.807, 2.05) is 6.92 Å². The third-order valence-corrected chi connectivity index (χ3v) is 4.81. The summed E-state index contributed by atoms with van der Waals surface area (Å²) < 4.78 is 27.1. The van der Waals surface area contributed by atoms with Gasteiger partial charge in [0.05, 0.1) is 4.90 Å². The zero-order valence-corrected chi connectivity index (χ0v) is 12.2. The molecule has 1 heterocycles. The molecule has 0 bridgehead atoms. The van der Waals surface area contributed by atoms with Crippen LogP contribution in [0.3, 0.4) is 0 Å². The number of aromatic nitrogens is 1. The highest BCUT2D eigenvalue weighted by molar-refractivity contribution is 7.89. The molecule has 2 rings (SSSR count). The Morgan fingerprint density at radius 2 is 2.16 bits per heavy atom. The van der Waals surface area contributed by atoms with Crippen LogP contribution in [0.25, 0.3) is 0 Å². The van der Waals surface area contributed by atoms with E-state index in [0.717, 1.165) is 25.8 Å². The molecule has 1 aromatic heterocycles. The molecule has 1 aliphatic carbocycles. The van der Waals surface area contributed by atoms with E-state index in [4.69, 9.17) is 0 Å². The average Bonchev–Trinajstić information content (AvgIpc) is 2.34. The summed E-state index contributed by atoms with van der Waals surface area (Å²) in [5.41, 5.74) is 0. The van der Waals surface area contributed by atoms with Gasteiger partial charge in [-0.15, -0.1) is 0 Å². The van der Waals surface area contributed by atoms with Crippen molar-refractivity contribution in [2.75, 3.05) is 11.9 Å². The number of hydrogen-bond acceptors (Lipinski definition) is 4. The van der Waals surface area contributed by atoms with Crippen molar-refractivity contribution in [3.8, 4) is 0 Å². The maximum atomic E-state index is 12.2. The molecule has 0 saturated heterocycles. The molecule has 0 radical (unpaired) electrons. The molecule has 0 spiro atoms. The lowest BCUT2D eigenvalue weighted by atomic mass is 9.83. The quantitative estimate of drug-likeness (QED) is 0.837. The molecular formula is C13H21N3O2S. The summed E-state index contributed by atoms with van der Waals surface area (Å²) in [4.78, 5) is 4.39. The number of nitrogens with zero attached hydrogens (tertiary/aromatic N) is 1. The van der Waals surface area contributed by atoms with Crippen molar-refractivity contribution < 1.29 is 8.42 Å². The molecule has 0 aromatic carbocycles. The predicted molar refractivity (Wildman–Crippen MR) is 75.5 cm³/mol. The summed E-state index contributed by atoms with van der Waals surface area (Å²) in [5.74, 6) is 1.22. The van der Waals surface area contributed by atoms with Gasteiger partial charge in [0.25, 0.3) is 0 Å². The van der Waals surface area contributed by atoms with Gasteiger partial charge >= 0.3 is 0 Å². The Kier molecular flexibility index (Phi) is 4.42. The third kappa shape index (κ3) is 3.67. The van der Waals surface area contributed by atoms with Gasteiger partial charge in [-0.05, 0) is 31.2 Å². The van der Waals surface area contributed by atoms with E-state index >= 15 is 0 Å². The first-order valence-electron chi connectivity index (χ1n) is 6.73. The second-order valence-corrected chi connectivity index (χ2v) is 6.91. The largest absolute Gasteiger partial charge is 0.370 e. The van der Waals surface area contributed by atoms with Crippen molar-refractivity contribution in [2.45, 2.75) is 44.0 Å². The van der Waals surface area contributed by atoms with Gasteiger partial charge in [-0.25, -0.2) is 18.1 Å². The van der Waals surface area contributed by atoms with Gasteiger partial charge in [-0.1, -0.05) is 13.8 Å². The second kappa shape index (κ2) is 5.88. The Hall–Kier alpha value is -1.14. The molecule has 0 atom stereocenters. The van der Waals surface area contributed by atoms with E-state index in [1.165, 1.54) is 12.3 Å². The fourth-order valence-corrected chi connectivity index (χ4v) is 3.49. The van der Waals surface area contributed by atoms with Gasteiger partial charge in [0.1, 0.15) is 5.82 Å². The summed E-state index contributed by atoms with van der Waals surface area (Å²) in [5, 5.41) is 3.09. The first kappa shape index (κ1) is 14.3. The molecule has 19 heavy (non-hydrogen) atoms. The number of hydrogen-bond donors (Lipinski definition) is 2. The number of anilines is 1. The van der Waals surface area contributed by atoms with Crippen LogP contribution in [-0.4, -0.2) is 26.0 Å². The summed E-state index contributed by atoms with van der Waals surface area (Å²) in [6.07, 6.45) is 4.34. The van der Waals surface area contributed by atoms with Gasteiger partial charge in [0.2, 0.25) is 10.0 Å². The molecule has 6 heteroatoms. The first-order chi connectivity index (χ1) is 9.01. The molecule has 5 nitrogen and oxygen atoms in total. The van der Waals surface area contributed by atoms with Crippen molar-refractivity contribution >= 4 is 15.8 Å². The van der Waals surface area contributed by atoms with E-state index in [2.05, 4.69) is 21.9 Å². The third-order valence-electron chi connectivity index (χ3n) is 3.29. The highest BCUT2D eigenvalue weighted by atomic mass is 32.2. The Bertz CT molecular complexity index is 524. The van der Waals surface area contributed by atoms with Gasteiger partial charge < -0.3 is 5.32 Å². The topological polar surface area (TPSA) is 71.1 Å². The van der Waals surface area contributed by atoms with Crippen LogP contribution in [0, 0.1) is 5.92 Å². The molecule has 1 fully saturated rings. The molecular weight excluding hydrogens is 262 g/mol. The first-order valence-corrected chi connectivity index (χ1v) is 8.22. The minimum absolute atomic E-state index is 0.0835. The molecule has 2 N–H and O–H groups in total. The fourth-order valence-electron chi connectivity index (χ4n) is 2.21. The number of nitrogens with one attached hydrogen (secondary N) is 2. The van der Waals surface area contributed by atoms with Crippen LogP contribution in [-0.2, 0) is 10.0 Å². The Morgan fingerprint density at radius 3 is 2.79 bits per heavy atom. The van der Waals surface area contributed by atoms with Crippen LogP contribution < -0.4 is 10.0 Å². The van der Waals surface area contributed by atoms with E-state index in [0.29, 0.717) is 11.7 Å². The van der Waals surface area contributed by atoms with Gasteiger partial charge in [-0.2, -0.15) is 0 Å². The zero-order valence-electron chi connectivity index (χ0n) is 11.4. The molecule has 106 valence electrons. The van der Waals surface area contributed by atoms with Crippen molar-refractivity contribution in [3.05, 3.63) is 18.3 Å². The predicted octanol–water partition coefficient (Wildman–Crippen LogP) is 1.98. The zero-order chi connectivity index (χ0) is 13.9. The van der Waals surface area contributed by atoms with Crippen LogP contribution >= 0.6 is 0 Å². The standard InChI is InChI=1S/C13H21N3O2S/c1-3-5-14-13-9-12(4-6-15-13)19(17,18)16-11-7-10(2)8-11/h4,6,9-11,16H,3,5,7-8H2,1-2H3,(H,14,15). The second-order valence-electron chi connectivity index (χ2n) is 5.20. The molecule has 0 aliphatic heterocycles. The normalized spacial score (nSPS) is 22.8. The summed E-state index contributed by atoms with van der Waals surface area (Å²) >= 11 is 0. The maximum Gasteiger partial charge on any atom is 0.241 e. The van der Waals surface area contributed by atoms with Crippen LogP contribution in [0.5, 0.6) is 0 Å². The number of rotatable bonds is 6. The Morgan fingerprint density at radius 1 is 1.42 bits per heavy atom. The average molecular weight is 283 g/mol. The molecule has 0 unspecified atom stereocenters. The smallest absolute Gasteiger partial charge is 0.241 e. The number of pyridine rings is 1. The van der Waals surface area contributed by atoms with Gasteiger partial charge in [0.15, 0.2) is 0 Å². The lowest BCUT2D eigenvalue weighted by Gasteiger charge is -2.32. The van der Waals surface area contributed by atoms with E-state index in [9.17, 15) is 8.42 Å². The van der Waals surface area contributed by atoms with Crippen LogP contribution in [0.2, 0.25) is 0 Å². The van der Waals surface area contributed by atoms with Gasteiger partial charge in [0, 0.05) is 24.8 Å². The fraction of sp³-hybridized carbons (Fsp3) is 0.615. The molecule has 1 aromatic rings. The lowest BCUT2D eigenvalue weighted by molar-refractivity contribution is 0.270. The Labute approximate surface area is 114 Å². The van der Waals surface area contributed by atoms with Crippen molar-refractivity contribution in [3.63, 3.8) is 0 Å². The maximum absolute atomic E-state index is 12.2.